The molecule has 5 rings (SSSR count). The summed E-state index contributed by atoms with van der Waals surface area (Å²) in [6, 6.07) is 10.9. The van der Waals surface area contributed by atoms with Gasteiger partial charge in [-0.1, -0.05) is 44.2 Å². The normalized spacial score (nSPS) is 41.8. The predicted octanol–water partition coefficient (Wildman–Crippen LogP) is 4.52. The molecule has 4 aliphatic carbocycles. The molecule has 0 aliphatic heterocycles. The lowest BCUT2D eigenvalue weighted by Gasteiger charge is -2.63. The van der Waals surface area contributed by atoms with Crippen LogP contribution >= 0.6 is 11.6 Å². The Hall–Kier alpha value is -0.570. The number of hydrogen-bond acceptors (Lipinski definition) is 2. The Morgan fingerprint density at radius 1 is 1.21 bits per heavy atom. The zero-order valence-electron chi connectivity index (χ0n) is 14.8. The lowest BCUT2D eigenvalue weighted by molar-refractivity contribution is -0.174. The molecule has 3 heteroatoms. The van der Waals surface area contributed by atoms with Crippen LogP contribution in [0.3, 0.4) is 0 Å². The summed E-state index contributed by atoms with van der Waals surface area (Å²) in [6.45, 7) is 5.47. The second kappa shape index (κ2) is 6.00. The molecule has 0 radical (unpaired) electrons. The topological polar surface area (TPSA) is 32.3 Å². The van der Waals surface area contributed by atoms with Gasteiger partial charge in [0, 0.05) is 16.8 Å². The molecule has 0 amide bonds. The zero-order valence-corrected chi connectivity index (χ0v) is 15.6. The summed E-state index contributed by atoms with van der Waals surface area (Å²) < 4.78 is 0. The molecular weight excluding hydrogens is 318 g/mol. The number of alkyl halides is 1. The summed E-state index contributed by atoms with van der Waals surface area (Å²) in [7, 11) is 0. The predicted molar refractivity (Wildman–Crippen MR) is 99.1 cm³/mol. The fraction of sp³-hybridized carbons (Fsp3) is 0.714. The molecule has 0 spiro atoms. The summed E-state index contributed by atoms with van der Waals surface area (Å²) in [5.41, 5.74) is 0.712. The number of aliphatic hydroxyl groups is 1. The van der Waals surface area contributed by atoms with Gasteiger partial charge in [-0.25, -0.2) is 0 Å². The van der Waals surface area contributed by atoms with Gasteiger partial charge in [-0.2, -0.15) is 0 Å². The van der Waals surface area contributed by atoms with E-state index < -0.39 is 5.60 Å². The first-order valence-electron chi connectivity index (χ1n) is 9.58. The van der Waals surface area contributed by atoms with Crippen LogP contribution in [0.1, 0.15) is 57.6 Å². The maximum absolute atomic E-state index is 11.6. The van der Waals surface area contributed by atoms with Crippen molar-refractivity contribution < 1.29 is 5.11 Å². The van der Waals surface area contributed by atoms with E-state index in [4.69, 9.17) is 11.6 Å². The Morgan fingerprint density at radius 3 is 2.58 bits per heavy atom. The first kappa shape index (κ1) is 16.9. The molecule has 4 aliphatic rings. The van der Waals surface area contributed by atoms with Crippen LogP contribution in [0.15, 0.2) is 30.3 Å². The van der Waals surface area contributed by atoms with Crippen LogP contribution in [0, 0.1) is 23.7 Å². The van der Waals surface area contributed by atoms with E-state index >= 15 is 0 Å². The minimum absolute atomic E-state index is 0.142. The maximum atomic E-state index is 11.6. The van der Waals surface area contributed by atoms with Crippen LogP contribution in [0.5, 0.6) is 0 Å². The van der Waals surface area contributed by atoms with Gasteiger partial charge in [0.1, 0.15) is 0 Å². The molecule has 132 valence electrons. The second-order valence-corrected chi connectivity index (χ2v) is 9.92. The van der Waals surface area contributed by atoms with Crippen LogP contribution in [0.4, 0.5) is 0 Å². The first-order chi connectivity index (χ1) is 11.4. The highest BCUT2D eigenvalue weighted by molar-refractivity contribution is 6.24. The number of benzene rings is 1. The molecule has 24 heavy (non-hydrogen) atoms. The second-order valence-electron chi connectivity index (χ2n) is 9.12. The van der Waals surface area contributed by atoms with E-state index in [1.807, 2.05) is 0 Å². The Labute approximate surface area is 151 Å². The van der Waals surface area contributed by atoms with E-state index in [0.29, 0.717) is 17.8 Å². The van der Waals surface area contributed by atoms with Crippen LogP contribution in [0.2, 0.25) is 0 Å². The molecule has 4 saturated carbocycles. The summed E-state index contributed by atoms with van der Waals surface area (Å²) in [5.74, 6) is 2.04. The van der Waals surface area contributed by atoms with Crippen molar-refractivity contribution in [2.45, 2.75) is 62.5 Å². The van der Waals surface area contributed by atoms with Crippen molar-refractivity contribution >= 4 is 11.6 Å². The Bertz CT molecular complexity index is 591. The highest BCUT2D eigenvalue weighted by atomic mass is 35.5. The fourth-order valence-corrected chi connectivity index (χ4v) is 6.76. The average Bonchev–Trinajstić information content (AvgIpc) is 2.48. The average molecular weight is 348 g/mol. The zero-order chi connectivity index (χ0) is 16.9. The van der Waals surface area contributed by atoms with Gasteiger partial charge in [0.15, 0.2) is 0 Å². The Morgan fingerprint density at radius 2 is 1.96 bits per heavy atom. The van der Waals surface area contributed by atoms with Gasteiger partial charge in [-0.3, -0.25) is 0 Å². The van der Waals surface area contributed by atoms with E-state index in [0.717, 1.165) is 32.2 Å². The van der Waals surface area contributed by atoms with Crippen LogP contribution < -0.4 is 5.32 Å². The Balaban J connectivity index is 1.67. The smallest absolute Gasteiger partial charge is 0.0716 e. The Kier molecular flexibility index (Phi) is 4.22. The minimum Gasteiger partial charge on any atom is -0.389 e. The van der Waals surface area contributed by atoms with E-state index in [1.165, 1.54) is 12.0 Å². The molecule has 2 N–H and O–H groups in total. The number of halogens is 1. The summed E-state index contributed by atoms with van der Waals surface area (Å²) >= 11 is 6.88. The molecule has 0 aromatic heterocycles. The molecule has 0 heterocycles. The minimum atomic E-state index is -0.601. The van der Waals surface area contributed by atoms with Crippen LogP contribution in [-0.2, 0) is 0 Å². The van der Waals surface area contributed by atoms with E-state index in [1.54, 1.807) is 0 Å². The van der Waals surface area contributed by atoms with Crippen molar-refractivity contribution in [1.82, 2.24) is 5.32 Å². The van der Waals surface area contributed by atoms with Gasteiger partial charge < -0.3 is 10.4 Å². The molecule has 6 atom stereocenters. The van der Waals surface area contributed by atoms with Gasteiger partial charge >= 0.3 is 0 Å². The lowest BCUT2D eigenvalue weighted by atomic mass is 9.47. The van der Waals surface area contributed by atoms with Crippen molar-refractivity contribution in [3.05, 3.63) is 35.9 Å². The number of nitrogens with one attached hydrogen (secondary N) is 1. The summed E-state index contributed by atoms with van der Waals surface area (Å²) in [6.07, 6.45) is 5.13. The van der Waals surface area contributed by atoms with E-state index in [9.17, 15) is 5.11 Å². The molecule has 4 bridgehead atoms. The van der Waals surface area contributed by atoms with Crippen LogP contribution in [0.25, 0.3) is 0 Å². The molecule has 0 unspecified atom stereocenters. The summed E-state index contributed by atoms with van der Waals surface area (Å²) in [5, 5.41) is 15.4. The standard InChI is InChI=1S/C21H30ClNO/c1-14(2)12-23-19(16-6-4-3-5-7-16)18-17-8-15-9-20(22,11-17)13-21(18,24)10-15/h3-7,14-15,17-19,23-24H,8-13H2,1-2H3/t15-,17+,18-,19+,20+,21+/m1/s1. The van der Waals surface area contributed by atoms with Crippen molar-refractivity contribution in [2.75, 3.05) is 6.54 Å². The highest BCUT2D eigenvalue weighted by Crippen LogP contribution is 2.64. The molecule has 1 aromatic rings. The van der Waals surface area contributed by atoms with Crippen molar-refractivity contribution in [2.24, 2.45) is 23.7 Å². The van der Waals surface area contributed by atoms with Gasteiger partial charge in [0.2, 0.25) is 0 Å². The van der Waals surface area contributed by atoms with Gasteiger partial charge in [0.05, 0.1) is 5.60 Å². The largest absolute Gasteiger partial charge is 0.389 e. The first-order valence-corrected chi connectivity index (χ1v) is 9.96. The molecular formula is C21H30ClNO. The molecule has 1 aromatic carbocycles. The SMILES string of the molecule is CC(C)CN[C@@H](c1ccccc1)[C@H]1[C@H]2C[C@@H]3C[C@](Cl)(C2)C[C@@]1(O)C3. The van der Waals surface area contributed by atoms with Crippen molar-refractivity contribution in [3.8, 4) is 0 Å². The fourth-order valence-electron chi connectivity index (χ4n) is 6.11. The van der Waals surface area contributed by atoms with Gasteiger partial charge in [0.25, 0.3) is 0 Å². The highest BCUT2D eigenvalue weighted by Gasteiger charge is 2.63. The monoisotopic (exact) mass is 347 g/mol. The molecule has 0 saturated heterocycles. The quantitative estimate of drug-likeness (QED) is 0.767. The molecule has 4 fully saturated rings. The number of hydrogen-bond donors (Lipinski definition) is 2. The van der Waals surface area contributed by atoms with Crippen molar-refractivity contribution in [1.29, 1.82) is 0 Å². The van der Waals surface area contributed by atoms with E-state index in [2.05, 4.69) is 49.5 Å². The lowest BCUT2D eigenvalue weighted by Crippen LogP contribution is -2.64. The third kappa shape index (κ3) is 2.91. The van der Waals surface area contributed by atoms with Gasteiger partial charge in [-0.15, -0.1) is 11.6 Å². The third-order valence-electron chi connectivity index (χ3n) is 6.58. The number of rotatable bonds is 5. The maximum Gasteiger partial charge on any atom is 0.0716 e. The van der Waals surface area contributed by atoms with Crippen LogP contribution in [-0.4, -0.2) is 22.1 Å². The van der Waals surface area contributed by atoms with E-state index in [-0.39, 0.29) is 16.8 Å². The third-order valence-corrected chi connectivity index (χ3v) is 7.02. The summed E-state index contributed by atoms with van der Waals surface area (Å²) in [4.78, 5) is -0.142. The molecule has 2 nitrogen and oxygen atoms in total. The van der Waals surface area contributed by atoms with Gasteiger partial charge in [-0.05, 0) is 62.0 Å². The van der Waals surface area contributed by atoms with Crippen molar-refractivity contribution in [3.63, 3.8) is 0 Å².